The number of nitrogens with one attached hydrogen (secondary N) is 1. The third-order valence-corrected chi connectivity index (χ3v) is 4.86. The van der Waals surface area contributed by atoms with Crippen LogP contribution in [0.2, 0.25) is 0 Å². The Balaban J connectivity index is 3.01. The number of hydrogen-bond acceptors (Lipinski definition) is 4. The van der Waals surface area contributed by atoms with Crippen molar-refractivity contribution >= 4 is 10.0 Å². The van der Waals surface area contributed by atoms with Gasteiger partial charge in [0, 0.05) is 38.1 Å². The van der Waals surface area contributed by atoms with Crippen molar-refractivity contribution in [3.63, 3.8) is 0 Å². The highest BCUT2D eigenvalue weighted by Crippen LogP contribution is 2.16. The van der Waals surface area contributed by atoms with Gasteiger partial charge >= 0.3 is 0 Å². The molecule has 7 heteroatoms. The molecule has 0 aliphatic rings. The Kier molecular flexibility index (Phi) is 6.86. The Morgan fingerprint density at radius 2 is 2.10 bits per heavy atom. The lowest BCUT2D eigenvalue weighted by molar-refractivity contribution is 0.157. The van der Waals surface area contributed by atoms with E-state index in [1.54, 1.807) is 19.4 Å². The second-order valence-electron chi connectivity index (χ2n) is 5.49. The van der Waals surface area contributed by atoms with Gasteiger partial charge in [-0.25, -0.2) is 13.1 Å². The molecular weight excluding hydrogens is 290 g/mol. The number of sulfonamides is 1. The summed E-state index contributed by atoms with van der Waals surface area (Å²) in [7, 11) is -2.00. The molecule has 0 saturated carbocycles. The minimum atomic E-state index is -3.56. The SMILES string of the molecule is CCCn1cc(S(=O)(=O)NC(COC)C(C)C)cc1CN. The molecule has 1 unspecified atom stereocenters. The zero-order valence-corrected chi connectivity index (χ0v) is 14.1. The third kappa shape index (κ3) is 4.81. The molecule has 122 valence electrons. The van der Waals surface area contributed by atoms with Gasteiger partial charge in [0.15, 0.2) is 0 Å². The zero-order valence-electron chi connectivity index (χ0n) is 13.3. The molecule has 1 rings (SSSR count). The molecule has 0 fully saturated rings. The van der Waals surface area contributed by atoms with Gasteiger partial charge in [-0.1, -0.05) is 20.8 Å². The van der Waals surface area contributed by atoms with Crippen LogP contribution in [-0.2, 0) is 27.8 Å². The molecule has 0 spiro atoms. The molecule has 1 heterocycles. The molecule has 0 aromatic carbocycles. The maximum Gasteiger partial charge on any atom is 0.242 e. The lowest BCUT2D eigenvalue weighted by Crippen LogP contribution is -2.41. The van der Waals surface area contributed by atoms with Crippen molar-refractivity contribution in [2.45, 2.75) is 51.2 Å². The molecule has 21 heavy (non-hydrogen) atoms. The lowest BCUT2D eigenvalue weighted by atomic mass is 10.1. The predicted octanol–water partition coefficient (Wildman–Crippen LogP) is 1.31. The maximum absolute atomic E-state index is 12.5. The molecule has 6 nitrogen and oxygen atoms in total. The number of nitrogens with two attached hydrogens (primary N) is 1. The standard InChI is InChI=1S/C14H27N3O3S/c1-5-6-17-9-13(7-12(17)8-15)21(18,19)16-14(10-20-4)11(2)3/h7,9,11,14,16H,5-6,8,10,15H2,1-4H3. The highest BCUT2D eigenvalue weighted by atomic mass is 32.2. The van der Waals surface area contributed by atoms with Gasteiger partial charge in [0.1, 0.15) is 0 Å². The molecule has 0 amide bonds. The van der Waals surface area contributed by atoms with Gasteiger partial charge in [-0.05, 0) is 18.4 Å². The number of aryl methyl sites for hydroxylation is 1. The van der Waals surface area contributed by atoms with Crippen LogP contribution in [0, 0.1) is 5.92 Å². The van der Waals surface area contributed by atoms with Gasteiger partial charge < -0.3 is 15.0 Å². The molecule has 1 aromatic rings. The highest BCUT2D eigenvalue weighted by molar-refractivity contribution is 7.89. The van der Waals surface area contributed by atoms with Gasteiger partial charge in [-0.3, -0.25) is 0 Å². The summed E-state index contributed by atoms with van der Waals surface area (Å²) >= 11 is 0. The predicted molar refractivity (Wildman–Crippen MR) is 83.4 cm³/mol. The molecule has 3 N–H and O–H groups in total. The van der Waals surface area contributed by atoms with Gasteiger partial charge in [-0.15, -0.1) is 0 Å². The first-order chi connectivity index (χ1) is 9.85. The van der Waals surface area contributed by atoms with E-state index in [1.807, 2.05) is 25.3 Å². The van der Waals surface area contributed by atoms with Crippen LogP contribution in [0.1, 0.15) is 32.9 Å². The Labute approximate surface area is 127 Å². The Morgan fingerprint density at radius 1 is 1.43 bits per heavy atom. The minimum Gasteiger partial charge on any atom is -0.383 e. The molecule has 0 aliphatic heterocycles. The van der Waals surface area contributed by atoms with Crippen LogP contribution in [0.15, 0.2) is 17.2 Å². The van der Waals surface area contributed by atoms with Crippen molar-refractivity contribution in [1.82, 2.24) is 9.29 Å². The van der Waals surface area contributed by atoms with E-state index < -0.39 is 10.0 Å². The summed E-state index contributed by atoms with van der Waals surface area (Å²) in [4.78, 5) is 0.262. The normalized spacial score (nSPS) is 13.8. The summed E-state index contributed by atoms with van der Waals surface area (Å²) in [6, 6.07) is 1.39. The second kappa shape index (κ2) is 7.93. The second-order valence-corrected chi connectivity index (χ2v) is 7.21. The summed E-state index contributed by atoms with van der Waals surface area (Å²) in [5.41, 5.74) is 6.50. The number of ether oxygens (including phenoxy) is 1. The first-order valence-electron chi connectivity index (χ1n) is 7.26. The Morgan fingerprint density at radius 3 is 2.57 bits per heavy atom. The van der Waals surface area contributed by atoms with Gasteiger partial charge in [0.2, 0.25) is 10.0 Å². The van der Waals surface area contributed by atoms with E-state index in [0.29, 0.717) is 13.2 Å². The fourth-order valence-electron chi connectivity index (χ4n) is 2.10. The number of rotatable bonds is 9. The number of methoxy groups -OCH3 is 1. The van der Waals surface area contributed by atoms with E-state index in [1.165, 1.54) is 0 Å². The summed E-state index contributed by atoms with van der Waals surface area (Å²) in [6.45, 7) is 7.38. The summed E-state index contributed by atoms with van der Waals surface area (Å²) < 4.78 is 34.7. The number of hydrogen-bond donors (Lipinski definition) is 2. The number of aromatic nitrogens is 1. The molecule has 1 aromatic heterocycles. The molecular formula is C14H27N3O3S. The lowest BCUT2D eigenvalue weighted by Gasteiger charge is -2.20. The quantitative estimate of drug-likeness (QED) is 0.719. The fraction of sp³-hybridized carbons (Fsp3) is 0.714. The van der Waals surface area contributed by atoms with E-state index in [9.17, 15) is 8.42 Å². The minimum absolute atomic E-state index is 0.145. The van der Waals surface area contributed by atoms with E-state index in [0.717, 1.165) is 18.7 Å². The van der Waals surface area contributed by atoms with Crippen LogP contribution in [0.4, 0.5) is 0 Å². The van der Waals surface area contributed by atoms with E-state index in [4.69, 9.17) is 10.5 Å². The molecule has 1 atom stereocenters. The topological polar surface area (TPSA) is 86.3 Å². The number of nitrogens with zero attached hydrogens (tertiary/aromatic N) is 1. The van der Waals surface area contributed by atoms with Crippen LogP contribution in [-0.4, -0.2) is 32.7 Å². The van der Waals surface area contributed by atoms with Crippen LogP contribution in [0.25, 0.3) is 0 Å². The van der Waals surface area contributed by atoms with Gasteiger partial charge in [-0.2, -0.15) is 0 Å². The first kappa shape index (κ1) is 18.2. The average Bonchev–Trinajstić information content (AvgIpc) is 2.82. The third-order valence-electron chi connectivity index (χ3n) is 3.40. The van der Waals surface area contributed by atoms with Crippen LogP contribution < -0.4 is 10.5 Å². The van der Waals surface area contributed by atoms with Crippen LogP contribution in [0.5, 0.6) is 0 Å². The van der Waals surface area contributed by atoms with Crippen molar-refractivity contribution < 1.29 is 13.2 Å². The van der Waals surface area contributed by atoms with Crippen molar-refractivity contribution in [2.75, 3.05) is 13.7 Å². The first-order valence-corrected chi connectivity index (χ1v) is 8.74. The van der Waals surface area contributed by atoms with Crippen molar-refractivity contribution in [1.29, 1.82) is 0 Å². The Hall–Kier alpha value is -0.890. The van der Waals surface area contributed by atoms with Crippen LogP contribution in [0.3, 0.4) is 0 Å². The van der Waals surface area contributed by atoms with Crippen LogP contribution >= 0.6 is 0 Å². The summed E-state index contributed by atoms with van der Waals surface area (Å²) in [5, 5.41) is 0. The molecule has 0 radical (unpaired) electrons. The monoisotopic (exact) mass is 317 g/mol. The smallest absolute Gasteiger partial charge is 0.242 e. The largest absolute Gasteiger partial charge is 0.383 e. The maximum atomic E-state index is 12.5. The zero-order chi connectivity index (χ0) is 16.0. The van der Waals surface area contributed by atoms with Crippen molar-refractivity contribution in [3.8, 4) is 0 Å². The molecule has 0 saturated heterocycles. The van der Waals surface area contributed by atoms with E-state index >= 15 is 0 Å². The highest BCUT2D eigenvalue weighted by Gasteiger charge is 2.24. The molecule has 0 bridgehead atoms. The fourth-order valence-corrected chi connectivity index (χ4v) is 3.53. The van der Waals surface area contributed by atoms with Crippen molar-refractivity contribution in [2.24, 2.45) is 11.7 Å². The van der Waals surface area contributed by atoms with E-state index in [-0.39, 0.29) is 16.9 Å². The average molecular weight is 317 g/mol. The summed E-state index contributed by atoms with van der Waals surface area (Å²) in [6.07, 6.45) is 2.57. The van der Waals surface area contributed by atoms with Gasteiger partial charge in [0.05, 0.1) is 11.5 Å². The van der Waals surface area contributed by atoms with Gasteiger partial charge in [0.25, 0.3) is 0 Å². The van der Waals surface area contributed by atoms with E-state index in [2.05, 4.69) is 4.72 Å². The Bertz CT molecular complexity index is 538. The van der Waals surface area contributed by atoms with Crippen molar-refractivity contribution in [3.05, 3.63) is 18.0 Å². The summed E-state index contributed by atoms with van der Waals surface area (Å²) in [5.74, 6) is 0.145. The molecule has 0 aliphatic carbocycles.